The summed E-state index contributed by atoms with van der Waals surface area (Å²) in [5.74, 6) is 1.21. The fraction of sp³-hybridized carbons (Fsp3) is 0.150. The third-order valence-electron chi connectivity index (χ3n) is 3.77. The Kier molecular flexibility index (Phi) is 4.72. The molecule has 0 radical (unpaired) electrons. The standard InChI is InChI=1S/C20H18ClNO2/c1-13(2)17-12-18(14-8-10-15(21)11-9-14)20(22-19(17)23)24-16-6-4-3-5-7-16/h3-13H,1-2H3,(H,22,23). The number of rotatable bonds is 4. The van der Waals surface area contributed by atoms with Gasteiger partial charge < -0.3 is 4.74 Å². The van der Waals surface area contributed by atoms with Gasteiger partial charge >= 0.3 is 0 Å². The average Bonchev–Trinajstić information content (AvgIpc) is 2.57. The summed E-state index contributed by atoms with van der Waals surface area (Å²) < 4.78 is 5.92. The molecule has 0 aliphatic rings. The van der Waals surface area contributed by atoms with Gasteiger partial charge in [-0.3, -0.25) is 9.78 Å². The number of halogens is 1. The molecule has 24 heavy (non-hydrogen) atoms. The van der Waals surface area contributed by atoms with Crippen molar-refractivity contribution in [2.75, 3.05) is 0 Å². The van der Waals surface area contributed by atoms with Gasteiger partial charge in [-0.2, -0.15) is 0 Å². The van der Waals surface area contributed by atoms with Gasteiger partial charge in [0, 0.05) is 16.1 Å². The van der Waals surface area contributed by atoms with E-state index in [1.165, 1.54) is 0 Å². The smallest absolute Gasteiger partial charge is 0.254 e. The molecule has 3 rings (SSSR count). The fourth-order valence-electron chi connectivity index (χ4n) is 2.49. The zero-order valence-corrected chi connectivity index (χ0v) is 14.3. The van der Waals surface area contributed by atoms with E-state index in [0.29, 0.717) is 16.7 Å². The lowest BCUT2D eigenvalue weighted by molar-refractivity contribution is 0.462. The van der Waals surface area contributed by atoms with E-state index in [0.717, 1.165) is 16.7 Å². The minimum Gasteiger partial charge on any atom is -0.440 e. The van der Waals surface area contributed by atoms with Crippen molar-refractivity contribution >= 4 is 11.6 Å². The van der Waals surface area contributed by atoms with Crippen LogP contribution in [-0.4, -0.2) is 4.98 Å². The number of hydrogen-bond donors (Lipinski definition) is 1. The van der Waals surface area contributed by atoms with E-state index in [4.69, 9.17) is 16.3 Å². The van der Waals surface area contributed by atoms with E-state index in [2.05, 4.69) is 4.98 Å². The van der Waals surface area contributed by atoms with Gasteiger partial charge in [0.2, 0.25) is 5.88 Å². The molecule has 0 aliphatic carbocycles. The van der Waals surface area contributed by atoms with Crippen molar-refractivity contribution < 1.29 is 4.74 Å². The van der Waals surface area contributed by atoms with Crippen molar-refractivity contribution in [2.45, 2.75) is 19.8 Å². The molecule has 1 aromatic heterocycles. The SMILES string of the molecule is CC(C)c1cc(-c2ccc(Cl)cc2)c(Oc2ccccc2)[nH]c1=O. The molecule has 0 aliphatic heterocycles. The predicted molar refractivity (Wildman–Crippen MR) is 98.1 cm³/mol. The molecular weight excluding hydrogens is 322 g/mol. The first-order valence-electron chi connectivity index (χ1n) is 7.80. The molecule has 0 saturated heterocycles. The summed E-state index contributed by atoms with van der Waals surface area (Å²) in [7, 11) is 0. The summed E-state index contributed by atoms with van der Waals surface area (Å²) in [4.78, 5) is 15.2. The van der Waals surface area contributed by atoms with Gasteiger partial charge in [-0.05, 0) is 41.8 Å². The number of H-pyrrole nitrogens is 1. The molecule has 4 heteroatoms. The van der Waals surface area contributed by atoms with Gasteiger partial charge in [-0.15, -0.1) is 0 Å². The average molecular weight is 340 g/mol. The first-order valence-corrected chi connectivity index (χ1v) is 8.18. The Morgan fingerprint density at radius 3 is 2.29 bits per heavy atom. The number of nitrogens with one attached hydrogen (secondary N) is 1. The maximum atomic E-state index is 12.4. The highest BCUT2D eigenvalue weighted by molar-refractivity contribution is 6.30. The highest BCUT2D eigenvalue weighted by atomic mass is 35.5. The van der Waals surface area contributed by atoms with Crippen LogP contribution >= 0.6 is 11.6 Å². The Hall–Kier alpha value is -2.52. The van der Waals surface area contributed by atoms with Crippen LogP contribution in [0.5, 0.6) is 11.6 Å². The third kappa shape index (κ3) is 3.52. The third-order valence-corrected chi connectivity index (χ3v) is 4.03. The lowest BCUT2D eigenvalue weighted by Crippen LogP contribution is -2.15. The van der Waals surface area contributed by atoms with Crippen molar-refractivity contribution in [1.29, 1.82) is 0 Å². The molecule has 0 saturated carbocycles. The number of aromatic nitrogens is 1. The summed E-state index contributed by atoms with van der Waals surface area (Å²) >= 11 is 5.99. The molecule has 0 amide bonds. The van der Waals surface area contributed by atoms with Crippen LogP contribution in [0.15, 0.2) is 65.5 Å². The zero-order valence-electron chi connectivity index (χ0n) is 13.5. The van der Waals surface area contributed by atoms with Crippen LogP contribution in [0, 0.1) is 0 Å². The molecule has 0 unspecified atom stereocenters. The molecule has 0 bridgehead atoms. The number of aromatic amines is 1. The van der Waals surface area contributed by atoms with Crippen LogP contribution < -0.4 is 10.3 Å². The fourth-order valence-corrected chi connectivity index (χ4v) is 2.61. The summed E-state index contributed by atoms with van der Waals surface area (Å²) in [5.41, 5.74) is 2.36. The topological polar surface area (TPSA) is 42.1 Å². The molecule has 1 N–H and O–H groups in total. The minimum atomic E-state index is -0.131. The number of ether oxygens (including phenoxy) is 1. The van der Waals surface area contributed by atoms with E-state index in [-0.39, 0.29) is 11.5 Å². The zero-order chi connectivity index (χ0) is 17.1. The maximum Gasteiger partial charge on any atom is 0.254 e. The van der Waals surface area contributed by atoms with E-state index in [1.54, 1.807) is 0 Å². The second-order valence-corrected chi connectivity index (χ2v) is 6.31. The molecule has 0 spiro atoms. The monoisotopic (exact) mass is 339 g/mol. The number of benzene rings is 2. The second kappa shape index (κ2) is 6.93. The van der Waals surface area contributed by atoms with Crippen molar-refractivity contribution in [2.24, 2.45) is 0 Å². The van der Waals surface area contributed by atoms with Crippen LogP contribution in [-0.2, 0) is 0 Å². The summed E-state index contributed by atoms with van der Waals surface area (Å²) in [6.07, 6.45) is 0. The molecule has 3 nitrogen and oxygen atoms in total. The van der Waals surface area contributed by atoms with Gasteiger partial charge in [0.15, 0.2) is 0 Å². The Labute approximate surface area is 145 Å². The molecule has 0 atom stereocenters. The van der Waals surface area contributed by atoms with Gasteiger partial charge in [-0.1, -0.05) is 55.8 Å². The normalized spacial score (nSPS) is 10.8. The van der Waals surface area contributed by atoms with Crippen molar-refractivity contribution in [3.63, 3.8) is 0 Å². The van der Waals surface area contributed by atoms with E-state index in [9.17, 15) is 4.79 Å². The molecule has 3 aromatic rings. The minimum absolute atomic E-state index is 0.116. The van der Waals surface area contributed by atoms with Gasteiger partial charge in [0.05, 0.1) is 0 Å². The van der Waals surface area contributed by atoms with Crippen LogP contribution in [0.2, 0.25) is 5.02 Å². The second-order valence-electron chi connectivity index (χ2n) is 5.87. The summed E-state index contributed by atoms with van der Waals surface area (Å²) in [5, 5.41) is 0.665. The number of para-hydroxylation sites is 1. The summed E-state index contributed by atoms with van der Waals surface area (Å²) in [6.45, 7) is 3.99. The molecule has 1 heterocycles. The maximum absolute atomic E-state index is 12.4. The Morgan fingerprint density at radius 1 is 1.00 bits per heavy atom. The molecule has 2 aromatic carbocycles. The van der Waals surface area contributed by atoms with Gasteiger partial charge in [0.25, 0.3) is 5.56 Å². The van der Waals surface area contributed by atoms with Crippen molar-refractivity contribution in [1.82, 2.24) is 4.98 Å². The number of pyridine rings is 1. The van der Waals surface area contributed by atoms with E-state index < -0.39 is 0 Å². The lowest BCUT2D eigenvalue weighted by Gasteiger charge is -2.14. The Balaban J connectivity index is 2.14. The lowest BCUT2D eigenvalue weighted by atomic mass is 9.99. The van der Waals surface area contributed by atoms with Crippen LogP contribution in [0.1, 0.15) is 25.3 Å². The molecule has 122 valence electrons. The van der Waals surface area contributed by atoms with Crippen LogP contribution in [0.3, 0.4) is 0 Å². The highest BCUT2D eigenvalue weighted by Crippen LogP contribution is 2.33. The Morgan fingerprint density at radius 2 is 1.67 bits per heavy atom. The first-order chi connectivity index (χ1) is 11.5. The van der Waals surface area contributed by atoms with Crippen molar-refractivity contribution in [3.05, 3.63) is 81.6 Å². The first kappa shape index (κ1) is 16.3. The van der Waals surface area contributed by atoms with Crippen molar-refractivity contribution in [3.8, 4) is 22.8 Å². The Bertz CT molecular complexity index is 884. The van der Waals surface area contributed by atoms with E-state index >= 15 is 0 Å². The quantitative estimate of drug-likeness (QED) is 0.671. The molecule has 0 fully saturated rings. The van der Waals surface area contributed by atoms with Gasteiger partial charge in [-0.25, -0.2) is 0 Å². The van der Waals surface area contributed by atoms with Crippen LogP contribution in [0.25, 0.3) is 11.1 Å². The van der Waals surface area contributed by atoms with E-state index in [1.807, 2.05) is 74.5 Å². The highest BCUT2D eigenvalue weighted by Gasteiger charge is 2.14. The summed E-state index contributed by atoms with van der Waals surface area (Å²) in [6, 6.07) is 18.8. The predicted octanol–water partition coefficient (Wildman–Crippen LogP) is 5.61. The van der Waals surface area contributed by atoms with Crippen LogP contribution in [0.4, 0.5) is 0 Å². The molecular formula is C20H18ClNO2. The largest absolute Gasteiger partial charge is 0.440 e. The van der Waals surface area contributed by atoms with Gasteiger partial charge in [0.1, 0.15) is 5.75 Å². The number of hydrogen-bond acceptors (Lipinski definition) is 2.